The molecule has 0 aromatic carbocycles. The average molecular weight is 252 g/mol. The molecule has 0 bridgehead atoms. The number of aromatic nitrogens is 1. The van der Waals surface area contributed by atoms with Gasteiger partial charge in [-0.25, -0.2) is 4.98 Å². The van der Waals surface area contributed by atoms with Crippen molar-refractivity contribution in [2.75, 3.05) is 7.05 Å². The second kappa shape index (κ2) is 5.96. The first-order valence-corrected chi connectivity index (χ1v) is 7.71. The molecule has 1 N–H and O–H groups in total. The topological polar surface area (TPSA) is 24.9 Å². The van der Waals surface area contributed by atoms with Crippen LogP contribution in [-0.4, -0.2) is 12.0 Å². The third kappa shape index (κ3) is 2.89. The molecule has 1 aliphatic carbocycles. The fourth-order valence-electron chi connectivity index (χ4n) is 2.94. The maximum atomic E-state index is 4.83. The number of rotatable bonds is 4. The van der Waals surface area contributed by atoms with Gasteiger partial charge >= 0.3 is 0 Å². The van der Waals surface area contributed by atoms with E-state index in [4.69, 9.17) is 4.98 Å². The molecule has 0 spiro atoms. The molecule has 2 rings (SSSR count). The van der Waals surface area contributed by atoms with Crippen molar-refractivity contribution in [3.05, 3.63) is 15.6 Å². The lowest BCUT2D eigenvalue weighted by atomic mass is 9.84. The van der Waals surface area contributed by atoms with Gasteiger partial charge in [-0.2, -0.15) is 0 Å². The Hall–Kier alpha value is -0.410. The molecule has 1 fully saturated rings. The zero-order valence-corrected chi connectivity index (χ0v) is 12.1. The smallest absolute Gasteiger partial charge is 0.110 e. The van der Waals surface area contributed by atoms with Crippen LogP contribution in [0, 0.1) is 12.8 Å². The Morgan fingerprint density at radius 1 is 1.35 bits per heavy atom. The summed E-state index contributed by atoms with van der Waals surface area (Å²) in [6.07, 6.45) is 8.01. The molecular formula is C14H24N2S. The maximum Gasteiger partial charge on any atom is 0.110 e. The Morgan fingerprint density at radius 2 is 2.06 bits per heavy atom. The van der Waals surface area contributed by atoms with Gasteiger partial charge in [-0.15, -0.1) is 11.3 Å². The van der Waals surface area contributed by atoms with Crippen LogP contribution in [0.1, 0.15) is 60.6 Å². The van der Waals surface area contributed by atoms with E-state index in [1.807, 2.05) is 11.3 Å². The van der Waals surface area contributed by atoms with Gasteiger partial charge in [-0.1, -0.05) is 26.2 Å². The minimum Gasteiger partial charge on any atom is -0.311 e. The molecule has 1 saturated carbocycles. The van der Waals surface area contributed by atoms with Gasteiger partial charge in [0.2, 0.25) is 0 Å². The molecule has 0 amide bonds. The molecule has 0 aliphatic heterocycles. The summed E-state index contributed by atoms with van der Waals surface area (Å²) in [6, 6.07) is 0.485. The van der Waals surface area contributed by atoms with Gasteiger partial charge in [0.25, 0.3) is 0 Å². The van der Waals surface area contributed by atoms with Crippen molar-refractivity contribution in [1.82, 2.24) is 10.3 Å². The van der Waals surface area contributed by atoms with Crippen molar-refractivity contribution in [2.24, 2.45) is 5.92 Å². The Balaban J connectivity index is 2.15. The predicted molar refractivity (Wildman–Crippen MR) is 74.6 cm³/mol. The summed E-state index contributed by atoms with van der Waals surface area (Å²) >= 11 is 1.89. The molecular weight excluding hydrogens is 228 g/mol. The lowest BCUT2D eigenvalue weighted by molar-refractivity contribution is 0.281. The quantitative estimate of drug-likeness (QED) is 0.880. The highest BCUT2D eigenvalue weighted by atomic mass is 32.1. The first-order chi connectivity index (χ1) is 8.26. The van der Waals surface area contributed by atoms with E-state index in [9.17, 15) is 0 Å². The summed E-state index contributed by atoms with van der Waals surface area (Å²) in [5.41, 5.74) is 1.29. The Kier molecular flexibility index (Phi) is 4.57. The van der Waals surface area contributed by atoms with Gasteiger partial charge in [0.15, 0.2) is 0 Å². The Labute approximate surface area is 109 Å². The highest BCUT2D eigenvalue weighted by Gasteiger charge is 2.26. The van der Waals surface area contributed by atoms with E-state index in [0.29, 0.717) is 6.04 Å². The molecule has 3 heteroatoms. The van der Waals surface area contributed by atoms with Gasteiger partial charge < -0.3 is 5.32 Å². The highest BCUT2D eigenvalue weighted by molar-refractivity contribution is 7.11. The number of aryl methyl sites for hydroxylation is 2. The van der Waals surface area contributed by atoms with Crippen LogP contribution in [0.3, 0.4) is 0 Å². The molecule has 96 valence electrons. The van der Waals surface area contributed by atoms with Crippen molar-refractivity contribution in [3.63, 3.8) is 0 Å². The summed E-state index contributed by atoms with van der Waals surface area (Å²) in [7, 11) is 2.08. The van der Waals surface area contributed by atoms with Crippen molar-refractivity contribution in [3.8, 4) is 0 Å². The summed E-state index contributed by atoms with van der Waals surface area (Å²) < 4.78 is 0. The fraction of sp³-hybridized carbons (Fsp3) is 0.786. The summed E-state index contributed by atoms with van der Waals surface area (Å²) in [6.45, 7) is 4.40. The molecule has 1 atom stereocenters. The van der Waals surface area contributed by atoms with Crippen LogP contribution in [0.2, 0.25) is 0 Å². The van der Waals surface area contributed by atoms with Crippen LogP contribution < -0.4 is 5.32 Å². The molecule has 0 radical (unpaired) electrons. The van der Waals surface area contributed by atoms with Gasteiger partial charge in [0.05, 0.1) is 11.7 Å². The number of nitrogens with zero attached hydrogens (tertiary/aromatic N) is 1. The standard InChI is InChI=1S/C14H24N2S/c1-4-12-10(2)17-14(16-12)13(15-3)11-8-6-5-7-9-11/h11,13,15H,4-9H2,1-3H3. The zero-order chi connectivity index (χ0) is 12.3. The molecule has 1 aliphatic rings. The molecule has 2 nitrogen and oxygen atoms in total. The number of nitrogens with one attached hydrogen (secondary N) is 1. The van der Waals surface area contributed by atoms with Crippen LogP contribution in [0.25, 0.3) is 0 Å². The monoisotopic (exact) mass is 252 g/mol. The first kappa shape index (κ1) is 13.0. The molecule has 1 heterocycles. The predicted octanol–water partition coefficient (Wildman–Crippen LogP) is 3.85. The maximum absolute atomic E-state index is 4.83. The van der Waals surface area contributed by atoms with Crippen LogP contribution in [-0.2, 0) is 6.42 Å². The molecule has 1 unspecified atom stereocenters. The normalized spacial score (nSPS) is 19.5. The van der Waals surface area contributed by atoms with E-state index in [1.165, 1.54) is 47.7 Å². The third-order valence-corrected chi connectivity index (χ3v) is 5.04. The SMILES string of the molecule is CCc1nc(C(NC)C2CCCCC2)sc1C. The van der Waals surface area contributed by atoms with E-state index < -0.39 is 0 Å². The van der Waals surface area contributed by atoms with E-state index in [2.05, 4.69) is 26.2 Å². The molecule has 1 aromatic rings. The minimum absolute atomic E-state index is 0.485. The number of thiazole rings is 1. The fourth-order valence-corrected chi connectivity index (χ4v) is 4.15. The van der Waals surface area contributed by atoms with Crippen molar-refractivity contribution >= 4 is 11.3 Å². The largest absolute Gasteiger partial charge is 0.311 e. The van der Waals surface area contributed by atoms with Crippen LogP contribution in [0.5, 0.6) is 0 Å². The summed E-state index contributed by atoms with van der Waals surface area (Å²) in [5.74, 6) is 0.795. The third-order valence-electron chi connectivity index (χ3n) is 3.94. The second-order valence-electron chi connectivity index (χ2n) is 5.07. The van der Waals surface area contributed by atoms with E-state index in [1.54, 1.807) is 0 Å². The van der Waals surface area contributed by atoms with Gasteiger partial charge in [-0.05, 0) is 39.2 Å². The van der Waals surface area contributed by atoms with E-state index >= 15 is 0 Å². The lowest BCUT2D eigenvalue weighted by Crippen LogP contribution is -2.26. The molecule has 17 heavy (non-hydrogen) atoms. The van der Waals surface area contributed by atoms with E-state index in [-0.39, 0.29) is 0 Å². The van der Waals surface area contributed by atoms with Gasteiger partial charge in [0.1, 0.15) is 5.01 Å². The number of hydrogen-bond acceptors (Lipinski definition) is 3. The number of hydrogen-bond donors (Lipinski definition) is 1. The van der Waals surface area contributed by atoms with Gasteiger partial charge in [-0.3, -0.25) is 0 Å². The second-order valence-corrected chi connectivity index (χ2v) is 6.31. The summed E-state index contributed by atoms with van der Waals surface area (Å²) in [4.78, 5) is 6.23. The minimum atomic E-state index is 0.485. The highest BCUT2D eigenvalue weighted by Crippen LogP contribution is 2.36. The zero-order valence-electron chi connectivity index (χ0n) is 11.3. The van der Waals surface area contributed by atoms with Crippen molar-refractivity contribution < 1.29 is 0 Å². The van der Waals surface area contributed by atoms with Crippen LogP contribution >= 0.6 is 11.3 Å². The van der Waals surface area contributed by atoms with Crippen molar-refractivity contribution in [2.45, 2.75) is 58.4 Å². The lowest BCUT2D eigenvalue weighted by Gasteiger charge is -2.28. The Bertz CT molecular complexity index is 353. The summed E-state index contributed by atoms with van der Waals surface area (Å²) in [5, 5.41) is 4.81. The van der Waals surface area contributed by atoms with Crippen LogP contribution in [0.15, 0.2) is 0 Å². The molecule has 0 saturated heterocycles. The van der Waals surface area contributed by atoms with Crippen LogP contribution in [0.4, 0.5) is 0 Å². The van der Waals surface area contributed by atoms with Crippen molar-refractivity contribution in [1.29, 1.82) is 0 Å². The Morgan fingerprint density at radius 3 is 2.59 bits per heavy atom. The average Bonchev–Trinajstić information content (AvgIpc) is 2.73. The first-order valence-electron chi connectivity index (χ1n) is 6.89. The van der Waals surface area contributed by atoms with Gasteiger partial charge in [0, 0.05) is 4.88 Å². The van der Waals surface area contributed by atoms with E-state index in [0.717, 1.165) is 12.3 Å². The molecule has 1 aromatic heterocycles.